The summed E-state index contributed by atoms with van der Waals surface area (Å²) in [5, 5.41) is 15.0. The van der Waals surface area contributed by atoms with Crippen molar-refractivity contribution in [2.75, 3.05) is 5.32 Å². The molecule has 2 aromatic rings. The topological polar surface area (TPSA) is 75.1 Å². The number of nitrogens with zero attached hydrogens (tertiary/aromatic N) is 2. The summed E-state index contributed by atoms with van der Waals surface area (Å²) in [4.78, 5) is 19.1. The first-order valence-corrected chi connectivity index (χ1v) is 6.37. The van der Waals surface area contributed by atoms with Crippen molar-refractivity contribution in [3.05, 3.63) is 38.9 Å². The molecule has 0 amide bonds. The van der Waals surface area contributed by atoms with Gasteiger partial charge in [-0.05, 0) is 19.1 Å². The van der Waals surface area contributed by atoms with Gasteiger partial charge >= 0.3 is 5.97 Å². The second-order valence-electron chi connectivity index (χ2n) is 3.54. The smallest absolute Gasteiger partial charge is 0.356 e. The van der Waals surface area contributed by atoms with Gasteiger partial charge in [-0.3, -0.25) is 0 Å². The molecule has 7 heteroatoms. The van der Waals surface area contributed by atoms with Crippen molar-refractivity contribution in [3.8, 4) is 0 Å². The minimum Gasteiger partial charge on any atom is -0.476 e. The van der Waals surface area contributed by atoms with Crippen LogP contribution in [0.1, 0.15) is 21.2 Å². The predicted octanol–water partition coefficient (Wildman–Crippen LogP) is 2.81. The molecule has 2 rings (SSSR count). The van der Waals surface area contributed by atoms with Crippen LogP contribution >= 0.6 is 22.9 Å². The lowest BCUT2D eigenvalue weighted by Crippen LogP contribution is -2.06. The van der Waals surface area contributed by atoms with Gasteiger partial charge in [0, 0.05) is 5.38 Å². The minimum absolute atomic E-state index is 0.123. The molecule has 94 valence electrons. The third-order valence-electron chi connectivity index (χ3n) is 2.17. The molecule has 0 aliphatic heterocycles. The summed E-state index contributed by atoms with van der Waals surface area (Å²) in [6.45, 7) is 2.43. The van der Waals surface area contributed by atoms with E-state index >= 15 is 0 Å². The highest BCUT2D eigenvalue weighted by atomic mass is 35.5. The van der Waals surface area contributed by atoms with Crippen LogP contribution in [0.15, 0.2) is 17.5 Å². The van der Waals surface area contributed by atoms with Crippen LogP contribution in [0, 0.1) is 6.92 Å². The summed E-state index contributed by atoms with van der Waals surface area (Å²) < 4.78 is 0. The summed E-state index contributed by atoms with van der Waals surface area (Å²) in [5.41, 5.74) is 0.738. The van der Waals surface area contributed by atoms with Crippen molar-refractivity contribution in [2.24, 2.45) is 0 Å². The van der Waals surface area contributed by atoms with Gasteiger partial charge < -0.3 is 10.4 Å². The van der Waals surface area contributed by atoms with E-state index in [-0.39, 0.29) is 10.7 Å². The average Bonchev–Trinajstić information content (AvgIpc) is 2.74. The molecule has 0 aliphatic carbocycles. The lowest BCUT2D eigenvalue weighted by Gasteiger charge is -2.05. The third-order valence-corrected chi connectivity index (χ3v) is 3.29. The molecule has 0 bridgehead atoms. The van der Waals surface area contributed by atoms with E-state index < -0.39 is 5.97 Å². The molecule has 2 N–H and O–H groups in total. The molecule has 2 aromatic heterocycles. The maximum atomic E-state index is 10.9. The van der Waals surface area contributed by atoms with Gasteiger partial charge in [0.05, 0.1) is 22.3 Å². The lowest BCUT2D eigenvalue weighted by molar-refractivity contribution is 0.0691. The molecule has 0 saturated carbocycles. The first kappa shape index (κ1) is 12.8. The zero-order chi connectivity index (χ0) is 13.1. The number of nitrogens with one attached hydrogen (secondary N) is 1. The number of aromatic nitrogens is 2. The molecular weight excluding hydrogens is 274 g/mol. The van der Waals surface area contributed by atoms with E-state index in [2.05, 4.69) is 15.3 Å². The Kier molecular flexibility index (Phi) is 3.78. The van der Waals surface area contributed by atoms with E-state index in [4.69, 9.17) is 16.7 Å². The first-order valence-electron chi connectivity index (χ1n) is 5.11. The zero-order valence-electron chi connectivity index (χ0n) is 9.48. The highest BCUT2D eigenvalue weighted by Gasteiger charge is 2.11. The lowest BCUT2D eigenvalue weighted by atomic mass is 10.3. The minimum atomic E-state index is -1.15. The number of pyridine rings is 1. The number of aryl methyl sites for hydroxylation is 1. The number of halogens is 1. The predicted molar refractivity (Wildman–Crippen MR) is 70.4 cm³/mol. The van der Waals surface area contributed by atoms with Gasteiger partial charge in [-0.25, -0.2) is 14.8 Å². The maximum Gasteiger partial charge on any atom is 0.356 e. The Morgan fingerprint density at radius 2 is 2.28 bits per heavy atom. The van der Waals surface area contributed by atoms with Crippen LogP contribution in [0.25, 0.3) is 0 Å². The van der Waals surface area contributed by atoms with Crippen LogP contribution in [0.2, 0.25) is 5.02 Å². The number of hydrogen-bond acceptors (Lipinski definition) is 5. The van der Waals surface area contributed by atoms with E-state index in [1.165, 1.54) is 6.07 Å². The number of carboxylic acids is 1. The second-order valence-corrected chi connectivity index (χ2v) is 5.01. The van der Waals surface area contributed by atoms with Crippen LogP contribution < -0.4 is 5.32 Å². The van der Waals surface area contributed by atoms with Gasteiger partial charge in [-0.15, -0.1) is 11.3 Å². The molecule has 0 radical (unpaired) electrons. The number of carboxylic acid groups (broad SMARTS) is 1. The molecule has 2 heterocycles. The number of thiazole rings is 1. The highest BCUT2D eigenvalue weighted by molar-refractivity contribution is 7.09. The molecule has 0 atom stereocenters. The average molecular weight is 284 g/mol. The summed E-state index contributed by atoms with van der Waals surface area (Å²) in [6, 6.07) is 3.14. The second kappa shape index (κ2) is 5.32. The van der Waals surface area contributed by atoms with Crippen LogP contribution in [0.3, 0.4) is 0 Å². The van der Waals surface area contributed by atoms with Gasteiger partial charge in [0.1, 0.15) is 5.82 Å². The molecule has 18 heavy (non-hydrogen) atoms. The van der Waals surface area contributed by atoms with Crippen molar-refractivity contribution in [1.29, 1.82) is 0 Å². The standard InChI is InChI=1S/C11H10ClN3O2S/c1-6-14-7(5-18-6)4-13-9-3-2-8(12)10(15-9)11(16)17/h2-3,5H,4H2,1H3,(H,13,15)(H,16,17). The number of hydrogen-bond donors (Lipinski definition) is 2. The Bertz CT molecular complexity index is 585. The molecule has 0 aliphatic rings. The largest absolute Gasteiger partial charge is 0.476 e. The van der Waals surface area contributed by atoms with Crippen molar-refractivity contribution < 1.29 is 9.90 Å². The summed E-state index contributed by atoms with van der Waals surface area (Å²) in [7, 11) is 0. The summed E-state index contributed by atoms with van der Waals surface area (Å²) in [5.74, 6) is -0.685. The monoisotopic (exact) mass is 283 g/mol. The van der Waals surface area contributed by atoms with Crippen LogP contribution in [0.5, 0.6) is 0 Å². The molecule has 5 nitrogen and oxygen atoms in total. The maximum absolute atomic E-state index is 10.9. The van der Waals surface area contributed by atoms with Crippen LogP contribution in [-0.4, -0.2) is 21.0 Å². The highest BCUT2D eigenvalue weighted by Crippen LogP contribution is 2.17. The number of anilines is 1. The van der Waals surface area contributed by atoms with E-state index in [0.717, 1.165) is 10.7 Å². The van der Waals surface area contributed by atoms with Gasteiger partial charge in [-0.1, -0.05) is 11.6 Å². The Morgan fingerprint density at radius 1 is 1.50 bits per heavy atom. The van der Waals surface area contributed by atoms with Crippen molar-refractivity contribution in [2.45, 2.75) is 13.5 Å². The Morgan fingerprint density at radius 3 is 2.89 bits per heavy atom. The van der Waals surface area contributed by atoms with E-state index in [9.17, 15) is 4.79 Å². The van der Waals surface area contributed by atoms with Crippen molar-refractivity contribution in [3.63, 3.8) is 0 Å². The zero-order valence-corrected chi connectivity index (χ0v) is 11.0. The molecule has 0 spiro atoms. The normalized spacial score (nSPS) is 10.3. The van der Waals surface area contributed by atoms with Gasteiger partial charge in [0.25, 0.3) is 0 Å². The Labute approximate surface area is 112 Å². The number of rotatable bonds is 4. The number of carbonyl (C=O) groups is 1. The van der Waals surface area contributed by atoms with E-state index in [1.54, 1.807) is 17.4 Å². The fourth-order valence-corrected chi connectivity index (χ4v) is 2.16. The Balaban J connectivity index is 2.10. The molecule has 0 saturated heterocycles. The molecular formula is C11H10ClN3O2S. The third kappa shape index (κ3) is 2.96. The van der Waals surface area contributed by atoms with Crippen LogP contribution in [0.4, 0.5) is 5.82 Å². The van der Waals surface area contributed by atoms with Gasteiger partial charge in [0.15, 0.2) is 5.69 Å². The van der Waals surface area contributed by atoms with Crippen molar-refractivity contribution >= 4 is 34.7 Å². The molecule has 0 unspecified atom stereocenters. The summed E-state index contributed by atoms with van der Waals surface area (Å²) in [6.07, 6.45) is 0. The van der Waals surface area contributed by atoms with Gasteiger partial charge in [-0.2, -0.15) is 0 Å². The van der Waals surface area contributed by atoms with E-state index in [1.807, 2.05) is 12.3 Å². The SMILES string of the molecule is Cc1nc(CNc2ccc(Cl)c(C(=O)O)n2)cs1. The fourth-order valence-electron chi connectivity index (χ4n) is 1.36. The van der Waals surface area contributed by atoms with Crippen molar-refractivity contribution in [1.82, 2.24) is 9.97 Å². The van der Waals surface area contributed by atoms with Crippen LogP contribution in [-0.2, 0) is 6.54 Å². The number of aromatic carboxylic acids is 1. The Hall–Kier alpha value is -1.66. The first-order chi connectivity index (χ1) is 8.56. The van der Waals surface area contributed by atoms with Gasteiger partial charge in [0.2, 0.25) is 0 Å². The quantitative estimate of drug-likeness (QED) is 0.902. The fraction of sp³-hybridized carbons (Fsp3) is 0.182. The summed E-state index contributed by atoms with van der Waals surface area (Å²) >= 11 is 7.29. The van der Waals surface area contributed by atoms with E-state index in [0.29, 0.717) is 12.4 Å². The molecule has 0 fully saturated rings. The molecule has 0 aromatic carbocycles.